The van der Waals surface area contributed by atoms with Crippen molar-refractivity contribution in [1.82, 2.24) is 0 Å². The highest BCUT2D eigenvalue weighted by molar-refractivity contribution is 6.41. The van der Waals surface area contributed by atoms with Crippen molar-refractivity contribution in [2.75, 3.05) is 0 Å². The van der Waals surface area contributed by atoms with Gasteiger partial charge in [0.1, 0.15) is 0 Å². The molecule has 0 fully saturated rings. The van der Waals surface area contributed by atoms with Gasteiger partial charge in [-0.05, 0) is 121 Å². The molecule has 0 N–H and O–H groups in total. The van der Waals surface area contributed by atoms with Crippen molar-refractivity contribution in [3.63, 3.8) is 0 Å². The van der Waals surface area contributed by atoms with Crippen LogP contribution in [0.2, 0.25) is 0 Å². The van der Waals surface area contributed by atoms with Gasteiger partial charge in [-0.15, -0.1) is 0 Å². The lowest BCUT2D eigenvalue weighted by molar-refractivity contribution is 1.56. The topological polar surface area (TPSA) is 0 Å². The summed E-state index contributed by atoms with van der Waals surface area (Å²) in [5.74, 6) is 0. The van der Waals surface area contributed by atoms with E-state index in [0.29, 0.717) is 0 Å². The highest BCUT2D eigenvalue weighted by Gasteiger charge is 2.23. The zero-order chi connectivity index (χ0) is 30.5. The molecular formula is C46H28. The van der Waals surface area contributed by atoms with Gasteiger partial charge < -0.3 is 0 Å². The van der Waals surface area contributed by atoms with E-state index in [1.165, 1.54) is 86.5 Å². The van der Waals surface area contributed by atoms with Gasteiger partial charge in [-0.2, -0.15) is 0 Å². The number of rotatable bonds is 4. The fourth-order valence-electron chi connectivity index (χ4n) is 8.34. The molecular weight excluding hydrogens is 553 g/mol. The fourth-order valence-corrected chi connectivity index (χ4v) is 8.34. The van der Waals surface area contributed by atoms with Gasteiger partial charge in [0.25, 0.3) is 0 Å². The zero-order valence-electron chi connectivity index (χ0n) is 25.3. The molecule has 0 aliphatic heterocycles. The van der Waals surface area contributed by atoms with Crippen molar-refractivity contribution in [2.45, 2.75) is 0 Å². The van der Waals surface area contributed by atoms with E-state index in [1.54, 1.807) is 0 Å². The van der Waals surface area contributed by atoms with Crippen LogP contribution in [0.1, 0.15) is 16.7 Å². The third-order valence-corrected chi connectivity index (χ3v) is 10.3. The Labute approximate surface area is 266 Å². The van der Waals surface area contributed by atoms with Crippen LogP contribution in [0.4, 0.5) is 0 Å². The summed E-state index contributed by atoms with van der Waals surface area (Å²) in [6.45, 7) is 8.69. The highest BCUT2D eigenvalue weighted by Crippen LogP contribution is 2.50. The fraction of sp³-hybridized carbons (Fsp3) is 0. The molecule has 0 heteroatoms. The minimum Gasteiger partial charge on any atom is -0.0984 e. The maximum absolute atomic E-state index is 4.62. The van der Waals surface area contributed by atoms with E-state index in [0.717, 1.165) is 22.3 Å². The van der Waals surface area contributed by atoms with Gasteiger partial charge >= 0.3 is 0 Å². The molecule has 0 saturated heterocycles. The summed E-state index contributed by atoms with van der Waals surface area (Å²) in [4.78, 5) is 0. The average molecular weight is 581 g/mol. The smallest absolute Gasteiger partial charge is 0.00137 e. The zero-order valence-corrected chi connectivity index (χ0v) is 25.3. The van der Waals surface area contributed by atoms with Crippen LogP contribution in [0.5, 0.6) is 0 Å². The Kier molecular flexibility index (Phi) is 5.11. The Morgan fingerprint density at radius 1 is 0.391 bits per heavy atom. The van der Waals surface area contributed by atoms with Crippen molar-refractivity contribution in [3.05, 3.63) is 169 Å². The van der Waals surface area contributed by atoms with Crippen molar-refractivity contribution in [3.8, 4) is 11.1 Å². The lowest BCUT2D eigenvalue weighted by Gasteiger charge is -2.14. The monoisotopic (exact) mass is 580 g/mol. The molecule has 0 heterocycles. The molecule has 10 aromatic carbocycles. The molecule has 0 spiro atoms. The minimum atomic E-state index is 1.02. The van der Waals surface area contributed by atoms with E-state index in [9.17, 15) is 0 Å². The predicted octanol–water partition coefficient (Wildman–Crippen LogP) is 13.0. The molecule has 0 saturated carbocycles. The molecule has 212 valence electrons. The molecule has 0 aliphatic rings. The largest absolute Gasteiger partial charge is 0.0984 e. The van der Waals surface area contributed by atoms with Gasteiger partial charge in [-0.25, -0.2) is 0 Å². The van der Waals surface area contributed by atoms with Gasteiger partial charge in [0.05, 0.1) is 0 Å². The van der Waals surface area contributed by atoms with E-state index in [-0.39, 0.29) is 0 Å². The third kappa shape index (κ3) is 3.23. The number of hydrogen-bond acceptors (Lipinski definition) is 0. The molecule has 0 aromatic heterocycles. The standard InChI is InChI=1S/C46H28/c1-3-28-13-7-8-16-30(28)27(2)31-23-24-37-41-25-39-36-21-11-20-35-32-17-9-10-18-33(32)40(45(35)36)26-42(39)43(29-14-5-4-6-15-29)46(41)38-22-12-19-34(31)44(37)38/h3-26H,1-2H2. The Morgan fingerprint density at radius 2 is 0.957 bits per heavy atom. The summed E-state index contributed by atoms with van der Waals surface area (Å²) in [7, 11) is 0. The van der Waals surface area contributed by atoms with Crippen LogP contribution < -0.4 is 0 Å². The van der Waals surface area contributed by atoms with Crippen LogP contribution in [0.25, 0.3) is 98.2 Å². The van der Waals surface area contributed by atoms with E-state index >= 15 is 0 Å². The Morgan fingerprint density at radius 3 is 1.76 bits per heavy atom. The van der Waals surface area contributed by atoms with Crippen LogP contribution in [-0.2, 0) is 0 Å². The molecule has 46 heavy (non-hydrogen) atoms. The lowest BCUT2D eigenvalue weighted by atomic mass is 9.89. The number of hydrogen-bond donors (Lipinski definition) is 0. The van der Waals surface area contributed by atoms with Crippen molar-refractivity contribution < 1.29 is 0 Å². The predicted molar refractivity (Wildman–Crippen MR) is 201 cm³/mol. The molecule has 10 aromatic rings. The molecule has 0 bridgehead atoms. The van der Waals surface area contributed by atoms with E-state index < -0.39 is 0 Å². The molecule has 0 atom stereocenters. The molecule has 0 unspecified atom stereocenters. The maximum atomic E-state index is 4.62. The molecule has 10 rings (SSSR count). The molecule has 0 nitrogen and oxygen atoms in total. The number of fused-ring (bicyclic) bond motifs is 8. The first-order valence-corrected chi connectivity index (χ1v) is 15.9. The quantitative estimate of drug-likeness (QED) is 0.182. The minimum absolute atomic E-state index is 1.02. The van der Waals surface area contributed by atoms with Crippen molar-refractivity contribution in [1.29, 1.82) is 0 Å². The van der Waals surface area contributed by atoms with Crippen LogP contribution in [-0.4, -0.2) is 0 Å². The second-order valence-electron chi connectivity index (χ2n) is 12.5. The summed E-state index contributed by atoms with van der Waals surface area (Å²) < 4.78 is 0. The normalized spacial score (nSPS) is 12.1. The van der Waals surface area contributed by atoms with Gasteiger partial charge in [-0.1, -0.05) is 147 Å². The summed E-state index contributed by atoms with van der Waals surface area (Å²) >= 11 is 0. The van der Waals surface area contributed by atoms with Crippen LogP contribution in [0.3, 0.4) is 0 Å². The van der Waals surface area contributed by atoms with Gasteiger partial charge in [-0.3, -0.25) is 0 Å². The van der Waals surface area contributed by atoms with Crippen LogP contribution >= 0.6 is 0 Å². The Bertz CT molecular complexity index is 2870. The first kappa shape index (κ1) is 25.4. The first-order valence-electron chi connectivity index (χ1n) is 15.9. The highest BCUT2D eigenvalue weighted by atomic mass is 14.3. The van der Waals surface area contributed by atoms with E-state index in [4.69, 9.17) is 0 Å². The van der Waals surface area contributed by atoms with Gasteiger partial charge in [0.2, 0.25) is 0 Å². The summed E-state index contributed by atoms with van der Waals surface area (Å²) in [6, 6.07) is 51.4. The van der Waals surface area contributed by atoms with Crippen molar-refractivity contribution in [2.24, 2.45) is 0 Å². The SMILES string of the molecule is C=Cc1ccccc1C(=C)c1ccc2c3cc4c(cc5c6ccccc6c6cccc4c65)c(-c4ccccc4)c3c3cccc1c23. The van der Waals surface area contributed by atoms with Crippen LogP contribution in [0, 0.1) is 0 Å². The molecule has 0 amide bonds. The Balaban J connectivity index is 1.40. The second-order valence-corrected chi connectivity index (χ2v) is 12.5. The average Bonchev–Trinajstić information content (AvgIpc) is 3.62. The molecule has 0 aliphatic carbocycles. The van der Waals surface area contributed by atoms with E-state index in [2.05, 4.69) is 153 Å². The Hall–Kier alpha value is -5.98. The van der Waals surface area contributed by atoms with Gasteiger partial charge in [0, 0.05) is 0 Å². The van der Waals surface area contributed by atoms with Crippen LogP contribution in [0.15, 0.2) is 153 Å². The summed E-state index contributed by atoms with van der Waals surface area (Å²) in [5.41, 5.74) is 6.95. The summed E-state index contributed by atoms with van der Waals surface area (Å²) in [5, 5.41) is 18.4. The summed E-state index contributed by atoms with van der Waals surface area (Å²) in [6.07, 6.45) is 1.92. The maximum Gasteiger partial charge on any atom is -0.00137 e. The lowest BCUT2D eigenvalue weighted by Crippen LogP contribution is -1.91. The second kappa shape index (κ2) is 9.27. The molecule has 0 radical (unpaired) electrons. The van der Waals surface area contributed by atoms with E-state index in [1.807, 2.05) is 6.08 Å². The number of benzene rings is 8. The first-order chi connectivity index (χ1) is 22.7. The van der Waals surface area contributed by atoms with Crippen molar-refractivity contribution >= 4 is 87.1 Å². The third-order valence-electron chi connectivity index (χ3n) is 10.3. The van der Waals surface area contributed by atoms with Gasteiger partial charge in [0.15, 0.2) is 0 Å².